The Bertz CT molecular complexity index is 1100. The molecule has 0 radical (unpaired) electrons. The first kappa shape index (κ1) is 20.2. The third-order valence-electron chi connectivity index (χ3n) is 5.05. The molecule has 3 aromatic rings. The van der Waals surface area contributed by atoms with Crippen LogP contribution in [0.3, 0.4) is 0 Å². The van der Waals surface area contributed by atoms with E-state index in [0.717, 1.165) is 22.0 Å². The van der Waals surface area contributed by atoms with Gasteiger partial charge in [0, 0.05) is 18.1 Å². The van der Waals surface area contributed by atoms with E-state index in [-0.39, 0.29) is 5.91 Å². The second-order valence-corrected chi connectivity index (χ2v) is 8.50. The quantitative estimate of drug-likeness (QED) is 0.313. The Morgan fingerprint density at radius 2 is 2.00 bits per heavy atom. The van der Waals surface area contributed by atoms with Crippen molar-refractivity contribution in [2.45, 2.75) is 17.3 Å². The lowest BCUT2D eigenvalue weighted by Crippen LogP contribution is -2.54. The molecule has 2 heterocycles. The maximum atomic E-state index is 12.6. The molecule has 4 N–H and O–H groups in total. The van der Waals surface area contributed by atoms with E-state index in [2.05, 4.69) is 15.7 Å². The SMILES string of the molecule is NNC(=O)C1SC=CC1(NCc1ccnc2ccccc12)c1ccc(Cl)c(Cl)c1. The van der Waals surface area contributed by atoms with Gasteiger partial charge in [-0.05, 0) is 40.8 Å². The van der Waals surface area contributed by atoms with Gasteiger partial charge in [-0.1, -0.05) is 53.5 Å². The fraction of sp³-hybridized carbons (Fsp3) is 0.143. The Hall–Kier alpha value is -2.09. The van der Waals surface area contributed by atoms with Crippen LogP contribution in [0.1, 0.15) is 11.1 Å². The van der Waals surface area contributed by atoms with Crippen molar-refractivity contribution in [1.82, 2.24) is 15.7 Å². The molecule has 0 aliphatic carbocycles. The number of pyridine rings is 1. The van der Waals surface area contributed by atoms with Gasteiger partial charge in [0.1, 0.15) is 5.25 Å². The highest BCUT2D eigenvalue weighted by Crippen LogP contribution is 2.43. The molecule has 0 saturated heterocycles. The van der Waals surface area contributed by atoms with Crippen LogP contribution in [0.5, 0.6) is 0 Å². The van der Waals surface area contributed by atoms with Gasteiger partial charge in [0.25, 0.3) is 0 Å². The van der Waals surface area contributed by atoms with E-state index < -0.39 is 10.8 Å². The molecule has 1 aromatic heterocycles. The van der Waals surface area contributed by atoms with Crippen molar-refractivity contribution in [3.63, 3.8) is 0 Å². The summed E-state index contributed by atoms with van der Waals surface area (Å²) in [5, 5.41) is 6.92. The molecule has 148 valence electrons. The lowest BCUT2D eigenvalue weighted by molar-refractivity contribution is -0.121. The summed E-state index contributed by atoms with van der Waals surface area (Å²) >= 11 is 13.8. The van der Waals surface area contributed by atoms with Crippen LogP contribution in [0.2, 0.25) is 10.0 Å². The molecule has 0 bridgehead atoms. The molecule has 0 spiro atoms. The standard InChI is InChI=1S/C21H18Cl2N4OS/c22-16-6-5-14(11-17(16)23)21(8-10-29-19(21)20(28)27-24)26-12-13-7-9-25-18-4-2-1-3-15(13)18/h1-11,19,26H,12,24H2,(H,27,28). The van der Waals surface area contributed by atoms with Gasteiger partial charge >= 0.3 is 0 Å². The van der Waals surface area contributed by atoms with Crippen LogP contribution in [-0.2, 0) is 16.9 Å². The molecule has 1 aliphatic heterocycles. The number of nitrogens with zero attached hydrogens (tertiary/aromatic N) is 1. The summed E-state index contributed by atoms with van der Waals surface area (Å²) in [5.74, 6) is 5.18. The zero-order valence-electron chi connectivity index (χ0n) is 15.2. The smallest absolute Gasteiger partial charge is 0.249 e. The molecule has 8 heteroatoms. The summed E-state index contributed by atoms with van der Waals surface area (Å²) in [4.78, 5) is 17.0. The van der Waals surface area contributed by atoms with Crippen LogP contribution in [0.4, 0.5) is 0 Å². The number of hydrogen-bond donors (Lipinski definition) is 3. The van der Waals surface area contributed by atoms with Gasteiger partial charge in [0.15, 0.2) is 0 Å². The van der Waals surface area contributed by atoms with E-state index in [1.54, 1.807) is 18.3 Å². The van der Waals surface area contributed by atoms with Crippen LogP contribution in [0.15, 0.2) is 66.2 Å². The van der Waals surface area contributed by atoms with Crippen LogP contribution in [0.25, 0.3) is 10.9 Å². The van der Waals surface area contributed by atoms with Crippen molar-refractivity contribution in [3.05, 3.63) is 87.4 Å². The summed E-state index contributed by atoms with van der Waals surface area (Å²) in [6, 6.07) is 15.3. The monoisotopic (exact) mass is 444 g/mol. The Balaban J connectivity index is 1.75. The summed E-state index contributed by atoms with van der Waals surface area (Å²) in [5.41, 5.74) is 4.31. The Morgan fingerprint density at radius 3 is 2.79 bits per heavy atom. The molecule has 4 rings (SSSR count). The molecular formula is C21H18Cl2N4OS. The fourth-order valence-electron chi connectivity index (χ4n) is 3.57. The second-order valence-electron chi connectivity index (χ2n) is 6.67. The number of aromatic nitrogens is 1. The summed E-state index contributed by atoms with van der Waals surface area (Å²) < 4.78 is 0. The van der Waals surface area contributed by atoms with E-state index in [4.69, 9.17) is 29.0 Å². The lowest BCUT2D eigenvalue weighted by Gasteiger charge is -2.35. The number of rotatable bonds is 5. The average molecular weight is 445 g/mol. The van der Waals surface area contributed by atoms with Crippen molar-refractivity contribution >= 4 is 51.8 Å². The highest BCUT2D eigenvalue weighted by Gasteiger charge is 2.45. The molecule has 2 unspecified atom stereocenters. The number of halogens is 2. The second kappa shape index (κ2) is 8.34. The molecule has 2 aromatic carbocycles. The minimum Gasteiger partial charge on any atom is -0.299 e. The molecular weight excluding hydrogens is 427 g/mol. The first-order valence-corrected chi connectivity index (χ1v) is 10.6. The van der Waals surface area contributed by atoms with Gasteiger partial charge in [-0.2, -0.15) is 0 Å². The maximum Gasteiger partial charge on any atom is 0.249 e. The molecule has 0 saturated carbocycles. The number of thioether (sulfide) groups is 1. The van der Waals surface area contributed by atoms with Crippen molar-refractivity contribution in [3.8, 4) is 0 Å². The van der Waals surface area contributed by atoms with E-state index in [9.17, 15) is 4.79 Å². The van der Waals surface area contributed by atoms with E-state index in [1.807, 2.05) is 47.9 Å². The van der Waals surface area contributed by atoms with Crippen LogP contribution < -0.4 is 16.6 Å². The number of benzene rings is 2. The predicted octanol–water partition coefficient (Wildman–Crippen LogP) is 4.15. The molecule has 1 amide bonds. The van der Waals surface area contributed by atoms with Crippen molar-refractivity contribution < 1.29 is 4.79 Å². The number of hydrogen-bond acceptors (Lipinski definition) is 5. The zero-order chi connectivity index (χ0) is 20.4. The highest BCUT2D eigenvalue weighted by molar-refractivity contribution is 8.03. The highest BCUT2D eigenvalue weighted by atomic mass is 35.5. The normalized spacial score (nSPS) is 20.9. The largest absolute Gasteiger partial charge is 0.299 e. The third kappa shape index (κ3) is 3.74. The number of carbonyl (C=O) groups excluding carboxylic acids is 1. The Morgan fingerprint density at radius 1 is 1.17 bits per heavy atom. The van der Waals surface area contributed by atoms with E-state index in [1.165, 1.54) is 11.8 Å². The number of amides is 1. The summed E-state index contributed by atoms with van der Waals surface area (Å²) in [7, 11) is 0. The number of nitrogens with two attached hydrogens (primary N) is 1. The topological polar surface area (TPSA) is 80.0 Å². The van der Waals surface area contributed by atoms with Crippen molar-refractivity contribution in [2.24, 2.45) is 5.84 Å². The van der Waals surface area contributed by atoms with Gasteiger partial charge in [-0.3, -0.25) is 20.5 Å². The molecule has 0 fully saturated rings. The van der Waals surface area contributed by atoms with Gasteiger partial charge in [0.05, 0.1) is 21.1 Å². The van der Waals surface area contributed by atoms with Gasteiger partial charge < -0.3 is 0 Å². The summed E-state index contributed by atoms with van der Waals surface area (Å²) in [6.07, 6.45) is 3.76. The lowest BCUT2D eigenvalue weighted by atomic mass is 9.85. The van der Waals surface area contributed by atoms with Crippen molar-refractivity contribution in [2.75, 3.05) is 0 Å². The predicted molar refractivity (Wildman–Crippen MR) is 120 cm³/mol. The number of fused-ring (bicyclic) bond motifs is 1. The average Bonchev–Trinajstić information content (AvgIpc) is 3.18. The van der Waals surface area contributed by atoms with Crippen molar-refractivity contribution in [1.29, 1.82) is 0 Å². The van der Waals surface area contributed by atoms with E-state index in [0.29, 0.717) is 16.6 Å². The minimum absolute atomic E-state index is 0.279. The first-order valence-electron chi connectivity index (χ1n) is 8.92. The number of para-hydroxylation sites is 1. The number of carbonyl (C=O) groups is 1. The zero-order valence-corrected chi connectivity index (χ0v) is 17.6. The maximum absolute atomic E-state index is 12.6. The molecule has 29 heavy (non-hydrogen) atoms. The first-order chi connectivity index (χ1) is 14.0. The molecule has 5 nitrogen and oxygen atoms in total. The third-order valence-corrected chi connectivity index (χ3v) is 6.94. The van der Waals surface area contributed by atoms with Gasteiger partial charge in [-0.15, -0.1) is 11.8 Å². The minimum atomic E-state index is -0.799. The molecule has 1 aliphatic rings. The fourth-order valence-corrected chi connectivity index (χ4v) is 5.02. The van der Waals surface area contributed by atoms with Crippen LogP contribution in [-0.4, -0.2) is 16.1 Å². The van der Waals surface area contributed by atoms with Crippen LogP contribution in [0, 0.1) is 0 Å². The number of hydrazine groups is 1. The Labute approximate surface area is 182 Å². The number of nitrogens with one attached hydrogen (secondary N) is 2. The summed E-state index contributed by atoms with van der Waals surface area (Å²) in [6.45, 7) is 0.516. The van der Waals surface area contributed by atoms with Gasteiger partial charge in [-0.25, -0.2) is 5.84 Å². The molecule has 2 atom stereocenters. The van der Waals surface area contributed by atoms with Gasteiger partial charge in [0.2, 0.25) is 5.91 Å². The Kier molecular flexibility index (Phi) is 5.81. The van der Waals surface area contributed by atoms with Crippen LogP contribution >= 0.6 is 35.0 Å². The van der Waals surface area contributed by atoms with E-state index >= 15 is 0 Å².